The number of ether oxygens (including phenoxy) is 1. The van der Waals surface area contributed by atoms with E-state index in [1.807, 2.05) is 64.4 Å². The first-order chi connectivity index (χ1) is 12.7. The van der Waals surface area contributed by atoms with Gasteiger partial charge in [-0.2, -0.15) is 0 Å². The van der Waals surface area contributed by atoms with Gasteiger partial charge >= 0.3 is 0 Å². The summed E-state index contributed by atoms with van der Waals surface area (Å²) in [5.41, 5.74) is 1.22. The molecule has 2 atom stereocenters. The van der Waals surface area contributed by atoms with Gasteiger partial charge in [0.2, 0.25) is 0 Å². The third kappa shape index (κ3) is 5.05. The van der Waals surface area contributed by atoms with Gasteiger partial charge in [0.15, 0.2) is 0 Å². The Bertz CT molecular complexity index is 802. The minimum Gasteiger partial charge on any atom is -0.497 e. The van der Waals surface area contributed by atoms with Crippen LogP contribution in [0.2, 0.25) is 10.0 Å². The molecule has 2 unspecified atom stereocenters. The molecule has 0 amide bonds. The molecule has 0 aliphatic heterocycles. The molecule has 0 heterocycles. The van der Waals surface area contributed by atoms with E-state index >= 15 is 0 Å². The molecule has 0 fully saturated rings. The fourth-order valence-corrected chi connectivity index (χ4v) is 3.96. The van der Waals surface area contributed by atoms with Crippen molar-refractivity contribution in [2.24, 2.45) is 5.92 Å². The summed E-state index contributed by atoms with van der Waals surface area (Å²) in [6.45, 7) is 4.65. The van der Waals surface area contributed by atoms with Crippen LogP contribution in [0.5, 0.6) is 5.75 Å². The van der Waals surface area contributed by atoms with Crippen LogP contribution in [0, 0.1) is 5.92 Å². The highest BCUT2D eigenvalue weighted by atomic mass is 35.5. The lowest BCUT2D eigenvalue weighted by atomic mass is 9.76. The predicted molar refractivity (Wildman–Crippen MR) is 115 cm³/mol. The molecule has 0 saturated heterocycles. The second-order valence-corrected chi connectivity index (χ2v) is 8.00. The fraction of sp³-hybridized carbons (Fsp3) is 0.364. The summed E-state index contributed by atoms with van der Waals surface area (Å²) in [5.74, 6) is 0.697. The van der Waals surface area contributed by atoms with Gasteiger partial charge in [0.25, 0.3) is 0 Å². The molecule has 0 saturated carbocycles. The fourth-order valence-electron chi connectivity index (χ4n) is 3.41. The lowest BCUT2D eigenvalue weighted by Gasteiger charge is -2.38. The van der Waals surface area contributed by atoms with Crippen LogP contribution in [0.25, 0.3) is 6.08 Å². The van der Waals surface area contributed by atoms with E-state index in [1.54, 1.807) is 19.2 Å². The van der Waals surface area contributed by atoms with Gasteiger partial charge in [0.05, 0.1) is 7.11 Å². The zero-order valence-electron chi connectivity index (χ0n) is 16.5. The molecule has 2 aromatic rings. The lowest BCUT2D eigenvalue weighted by molar-refractivity contribution is 0.0106. The van der Waals surface area contributed by atoms with Crippen molar-refractivity contribution in [2.45, 2.75) is 19.4 Å². The maximum Gasteiger partial charge on any atom is 0.118 e. The Hall–Kier alpha value is -1.52. The normalized spacial score (nSPS) is 15.5. The van der Waals surface area contributed by atoms with Gasteiger partial charge in [0.1, 0.15) is 11.4 Å². The second-order valence-electron chi connectivity index (χ2n) is 7.15. The van der Waals surface area contributed by atoms with E-state index in [1.165, 1.54) is 0 Å². The van der Waals surface area contributed by atoms with Gasteiger partial charge in [-0.25, -0.2) is 0 Å². The minimum atomic E-state index is -1.23. The molecule has 1 N–H and O–H groups in total. The number of methoxy groups -OCH3 is 1. The molecule has 27 heavy (non-hydrogen) atoms. The van der Waals surface area contributed by atoms with Crippen molar-refractivity contribution in [3.63, 3.8) is 0 Å². The Morgan fingerprint density at radius 1 is 1.19 bits per heavy atom. The van der Waals surface area contributed by atoms with Crippen LogP contribution in [0.15, 0.2) is 48.0 Å². The van der Waals surface area contributed by atoms with Gasteiger partial charge in [-0.15, -0.1) is 0 Å². The molecular formula is C22H27Cl2NO2. The van der Waals surface area contributed by atoms with Gasteiger partial charge in [0, 0.05) is 28.1 Å². The molecule has 2 aromatic carbocycles. The number of nitrogens with zero attached hydrogens (tertiary/aromatic N) is 1. The van der Waals surface area contributed by atoms with Crippen molar-refractivity contribution in [1.29, 1.82) is 0 Å². The Kier molecular flexibility index (Phi) is 7.35. The van der Waals surface area contributed by atoms with E-state index < -0.39 is 5.60 Å². The maximum atomic E-state index is 11.9. The standard InChI is InChI=1S/C22H27Cl2NO2/c1-15(12-17-6-9-19(27-5)10-7-17)22(26,16(2)14-25(3)4)20-11-8-18(23)13-21(20)24/h6-13,16,26H,14H2,1-5H3/b15-12-. The molecule has 3 nitrogen and oxygen atoms in total. The van der Waals surface area contributed by atoms with Crippen LogP contribution in [0.3, 0.4) is 0 Å². The number of rotatable bonds is 7. The zero-order valence-corrected chi connectivity index (χ0v) is 18.0. The van der Waals surface area contributed by atoms with Crippen molar-refractivity contribution in [1.82, 2.24) is 4.90 Å². The van der Waals surface area contributed by atoms with Crippen molar-refractivity contribution >= 4 is 29.3 Å². The van der Waals surface area contributed by atoms with E-state index in [4.69, 9.17) is 27.9 Å². The first-order valence-electron chi connectivity index (χ1n) is 8.84. The van der Waals surface area contributed by atoms with Crippen molar-refractivity contribution in [3.8, 4) is 5.75 Å². The van der Waals surface area contributed by atoms with Crippen LogP contribution < -0.4 is 4.74 Å². The Balaban J connectivity index is 2.54. The molecule has 0 radical (unpaired) electrons. The summed E-state index contributed by atoms with van der Waals surface area (Å²) in [7, 11) is 5.62. The SMILES string of the molecule is COc1ccc(/C=C(/C)C(O)(c2ccc(Cl)cc2Cl)C(C)CN(C)C)cc1. The van der Waals surface area contributed by atoms with E-state index in [9.17, 15) is 5.11 Å². The predicted octanol–water partition coefficient (Wildman–Crippen LogP) is 5.49. The van der Waals surface area contributed by atoms with Crippen LogP contribution in [-0.4, -0.2) is 37.8 Å². The average molecular weight is 408 g/mol. The Labute approximate surface area is 172 Å². The zero-order chi connectivity index (χ0) is 20.2. The summed E-state index contributed by atoms with van der Waals surface area (Å²) < 4.78 is 5.21. The quantitative estimate of drug-likeness (QED) is 0.658. The summed E-state index contributed by atoms with van der Waals surface area (Å²) in [6.07, 6.45) is 1.98. The molecule has 2 rings (SSSR count). The summed E-state index contributed by atoms with van der Waals surface area (Å²) in [5, 5.41) is 12.9. The highest BCUT2D eigenvalue weighted by Crippen LogP contribution is 2.42. The number of hydrogen-bond donors (Lipinski definition) is 1. The van der Waals surface area contributed by atoms with E-state index in [0.29, 0.717) is 22.2 Å². The highest BCUT2D eigenvalue weighted by molar-refractivity contribution is 6.35. The van der Waals surface area contributed by atoms with Crippen molar-refractivity contribution in [2.75, 3.05) is 27.7 Å². The van der Waals surface area contributed by atoms with Crippen LogP contribution in [0.1, 0.15) is 25.0 Å². The number of hydrogen-bond acceptors (Lipinski definition) is 3. The topological polar surface area (TPSA) is 32.7 Å². The van der Waals surface area contributed by atoms with Crippen LogP contribution >= 0.6 is 23.2 Å². The number of aliphatic hydroxyl groups is 1. The van der Waals surface area contributed by atoms with Gasteiger partial charge in [-0.05, 0) is 56.4 Å². The molecule has 0 aliphatic rings. The van der Waals surface area contributed by atoms with E-state index in [2.05, 4.69) is 4.90 Å². The van der Waals surface area contributed by atoms with E-state index in [0.717, 1.165) is 16.9 Å². The summed E-state index contributed by atoms with van der Waals surface area (Å²) in [6, 6.07) is 13.0. The minimum absolute atomic E-state index is 0.0966. The van der Waals surface area contributed by atoms with Crippen LogP contribution in [0.4, 0.5) is 0 Å². The molecule has 0 spiro atoms. The second kappa shape index (κ2) is 9.11. The van der Waals surface area contributed by atoms with E-state index in [-0.39, 0.29) is 5.92 Å². The monoisotopic (exact) mass is 407 g/mol. The average Bonchev–Trinajstić information content (AvgIpc) is 2.61. The smallest absolute Gasteiger partial charge is 0.118 e. The lowest BCUT2D eigenvalue weighted by Crippen LogP contribution is -2.40. The summed E-state index contributed by atoms with van der Waals surface area (Å²) >= 11 is 12.5. The van der Waals surface area contributed by atoms with Gasteiger partial charge < -0.3 is 14.7 Å². The molecule has 146 valence electrons. The first-order valence-corrected chi connectivity index (χ1v) is 9.59. The first kappa shape index (κ1) is 21.8. The number of halogens is 2. The largest absolute Gasteiger partial charge is 0.497 e. The Morgan fingerprint density at radius 3 is 2.33 bits per heavy atom. The third-order valence-corrected chi connectivity index (χ3v) is 5.34. The maximum absolute atomic E-state index is 11.9. The van der Waals surface area contributed by atoms with Crippen LogP contribution in [-0.2, 0) is 5.60 Å². The van der Waals surface area contributed by atoms with Gasteiger partial charge in [-0.3, -0.25) is 0 Å². The molecule has 0 aliphatic carbocycles. The van der Waals surface area contributed by atoms with Crippen molar-refractivity contribution < 1.29 is 9.84 Å². The molecule has 0 bridgehead atoms. The highest BCUT2D eigenvalue weighted by Gasteiger charge is 2.39. The molecule has 0 aromatic heterocycles. The van der Waals surface area contributed by atoms with Crippen molar-refractivity contribution in [3.05, 3.63) is 69.2 Å². The number of benzene rings is 2. The molecule has 5 heteroatoms. The third-order valence-electron chi connectivity index (χ3n) is 4.79. The Morgan fingerprint density at radius 2 is 1.81 bits per heavy atom. The van der Waals surface area contributed by atoms with Gasteiger partial charge in [-0.1, -0.05) is 54.4 Å². The summed E-state index contributed by atoms with van der Waals surface area (Å²) in [4.78, 5) is 2.06. The molecular weight excluding hydrogens is 381 g/mol.